The van der Waals surface area contributed by atoms with Crippen molar-refractivity contribution in [3.8, 4) is 0 Å². The Morgan fingerprint density at radius 3 is 1.51 bits per heavy atom. The van der Waals surface area contributed by atoms with Crippen LogP contribution in [0.3, 0.4) is 0 Å². The molecular formula is C45H85NO8P+. The Kier molecular flexibility index (Phi) is 36.6. The molecule has 0 amide bonds. The summed E-state index contributed by atoms with van der Waals surface area (Å²) in [6.07, 6.45) is 42.0. The molecule has 0 fully saturated rings. The number of esters is 2. The van der Waals surface area contributed by atoms with E-state index >= 15 is 0 Å². The molecule has 10 heteroatoms. The van der Waals surface area contributed by atoms with Gasteiger partial charge < -0.3 is 18.9 Å². The van der Waals surface area contributed by atoms with Crippen molar-refractivity contribution < 1.29 is 42.1 Å². The molecule has 55 heavy (non-hydrogen) atoms. The standard InChI is InChI=1S/C45H84NO8P/c1-6-8-10-12-14-16-18-20-22-23-24-26-27-29-31-33-35-37-44(47)51-41-43(42-53-55(49,50)52-40-39-46(3,4)5)54-45(48)38-36-34-32-30-28-25-21-19-17-15-13-11-9-7-2/h20,22,24,26,29,31,43H,6-19,21,23,25,27-28,30,32-42H2,1-5H3/p+1/b22-20+,26-24+,31-29+/t43-/m1/s1. The second-order valence-electron chi connectivity index (χ2n) is 16.1. The number of nitrogens with zero attached hydrogens (tertiary/aromatic N) is 1. The van der Waals surface area contributed by atoms with E-state index in [1.54, 1.807) is 0 Å². The van der Waals surface area contributed by atoms with E-state index < -0.39 is 32.5 Å². The van der Waals surface area contributed by atoms with Crippen LogP contribution in [0.15, 0.2) is 36.5 Å². The first kappa shape index (κ1) is 53.2. The number of carbonyl (C=O) groups excluding carboxylic acids is 2. The molecule has 1 unspecified atom stereocenters. The zero-order valence-corrected chi connectivity index (χ0v) is 37.1. The minimum absolute atomic E-state index is 0.0251. The fourth-order valence-electron chi connectivity index (χ4n) is 5.91. The molecule has 0 radical (unpaired) electrons. The number of ether oxygens (including phenoxy) is 2. The molecule has 0 aromatic rings. The number of allylic oxidation sites excluding steroid dienone is 6. The topological polar surface area (TPSA) is 108 Å². The van der Waals surface area contributed by atoms with Crippen molar-refractivity contribution in [2.75, 3.05) is 47.5 Å². The van der Waals surface area contributed by atoms with Gasteiger partial charge in [-0.2, -0.15) is 0 Å². The number of rotatable bonds is 40. The molecule has 9 nitrogen and oxygen atoms in total. The Morgan fingerprint density at radius 1 is 0.564 bits per heavy atom. The molecule has 0 spiro atoms. The van der Waals surface area contributed by atoms with Crippen LogP contribution in [0.25, 0.3) is 0 Å². The lowest BCUT2D eigenvalue weighted by molar-refractivity contribution is -0.870. The number of carbonyl (C=O) groups is 2. The first-order valence-corrected chi connectivity index (χ1v) is 23.7. The summed E-state index contributed by atoms with van der Waals surface area (Å²) in [6, 6.07) is 0. The van der Waals surface area contributed by atoms with Crippen LogP contribution in [0.2, 0.25) is 0 Å². The number of hydrogen-bond acceptors (Lipinski definition) is 7. The van der Waals surface area contributed by atoms with Gasteiger partial charge in [-0.15, -0.1) is 0 Å². The van der Waals surface area contributed by atoms with Crippen LogP contribution in [0, 0.1) is 0 Å². The second-order valence-corrected chi connectivity index (χ2v) is 17.5. The van der Waals surface area contributed by atoms with Gasteiger partial charge in [0, 0.05) is 12.8 Å². The molecule has 1 N–H and O–H groups in total. The first-order chi connectivity index (χ1) is 26.5. The third-order valence-corrected chi connectivity index (χ3v) is 10.4. The number of unbranched alkanes of at least 4 members (excludes halogenated alkanes) is 20. The van der Waals surface area contributed by atoms with Crippen molar-refractivity contribution in [1.82, 2.24) is 0 Å². The fraction of sp³-hybridized carbons (Fsp3) is 0.822. The van der Waals surface area contributed by atoms with Gasteiger partial charge in [0.1, 0.15) is 19.8 Å². The SMILES string of the molecule is CCCCCCCC/C=C/C/C=C/C/C=C/CCCC(=O)OC[C@H](COP(=O)(O)OCC[N+](C)(C)C)OC(=O)CCCCCCCCCCCCCCCC. The van der Waals surface area contributed by atoms with E-state index in [2.05, 4.69) is 50.3 Å². The van der Waals surface area contributed by atoms with Crippen molar-refractivity contribution in [2.24, 2.45) is 0 Å². The Bertz CT molecular complexity index is 1040. The van der Waals surface area contributed by atoms with Crippen molar-refractivity contribution in [3.63, 3.8) is 0 Å². The average Bonchev–Trinajstić information content (AvgIpc) is 3.13. The predicted octanol–water partition coefficient (Wildman–Crippen LogP) is 12.5. The van der Waals surface area contributed by atoms with E-state index in [1.807, 2.05) is 21.1 Å². The molecule has 0 rings (SSSR count). The zero-order chi connectivity index (χ0) is 40.7. The molecule has 0 bridgehead atoms. The van der Waals surface area contributed by atoms with Crippen molar-refractivity contribution in [2.45, 2.75) is 193 Å². The summed E-state index contributed by atoms with van der Waals surface area (Å²) < 4.78 is 34.2. The van der Waals surface area contributed by atoms with E-state index in [-0.39, 0.29) is 26.1 Å². The van der Waals surface area contributed by atoms with Crippen LogP contribution in [-0.4, -0.2) is 74.9 Å². The molecule has 0 saturated carbocycles. The summed E-state index contributed by atoms with van der Waals surface area (Å²) in [5.41, 5.74) is 0. The Balaban J connectivity index is 4.43. The molecule has 0 aromatic heterocycles. The highest BCUT2D eigenvalue weighted by molar-refractivity contribution is 7.47. The van der Waals surface area contributed by atoms with Crippen LogP contribution < -0.4 is 0 Å². The highest BCUT2D eigenvalue weighted by atomic mass is 31.2. The molecule has 0 saturated heterocycles. The van der Waals surface area contributed by atoms with E-state index in [4.69, 9.17) is 18.5 Å². The number of quaternary nitrogens is 1. The lowest BCUT2D eigenvalue weighted by atomic mass is 10.0. The van der Waals surface area contributed by atoms with Crippen LogP contribution in [-0.2, 0) is 32.7 Å². The summed E-state index contributed by atoms with van der Waals surface area (Å²) >= 11 is 0. The quantitative estimate of drug-likeness (QED) is 0.0215. The van der Waals surface area contributed by atoms with E-state index in [1.165, 1.54) is 116 Å². The number of likely N-dealkylation sites (N-methyl/N-ethyl adjacent to an activating group) is 1. The van der Waals surface area contributed by atoms with Crippen LogP contribution >= 0.6 is 7.82 Å². The van der Waals surface area contributed by atoms with Crippen LogP contribution in [0.4, 0.5) is 0 Å². The molecule has 0 aliphatic carbocycles. The molecule has 0 aliphatic rings. The summed E-state index contributed by atoms with van der Waals surface area (Å²) in [5, 5.41) is 0. The molecule has 0 aliphatic heterocycles. The summed E-state index contributed by atoms with van der Waals surface area (Å²) in [5.74, 6) is -0.855. The van der Waals surface area contributed by atoms with Gasteiger partial charge in [-0.3, -0.25) is 18.6 Å². The van der Waals surface area contributed by atoms with Gasteiger partial charge in [-0.25, -0.2) is 4.57 Å². The van der Waals surface area contributed by atoms with Gasteiger partial charge in [0.25, 0.3) is 0 Å². The summed E-state index contributed by atoms with van der Waals surface area (Å²) in [7, 11) is 1.45. The number of phosphoric acid groups is 1. The average molecular weight is 799 g/mol. The maximum atomic E-state index is 12.7. The zero-order valence-electron chi connectivity index (χ0n) is 36.2. The second kappa shape index (κ2) is 37.8. The molecule has 0 heterocycles. The molecular weight excluding hydrogens is 713 g/mol. The van der Waals surface area contributed by atoms with Crippen molar-refractivity contribution in [1.29, 1.82) is 0 Å². The molecule has 0 aromatic carbocycles. The normalized spacial score (nSPS) is 13.9. The van der Waals surface area contributed by atoms with Crippen LogP contribution in [0.5, 0.6) is 0 Å². The highest BCUT2D eigenvalue weighted by Gasteiger charge is 2.27. The Morgan fingerprint density at radius 2 is 1.00 bits per heavy atom. The van der Waals surface area contributed by atoms with Gasteiger partial charge >= 0.3 is 19.8 Å². The minimum Gasteiger partial charge on any atom is -0.462 e. The maximum absolute atomic E-state index is 12.7. The molecule has 2 atom stereocenters. The number of hydrogen-bond donors (Lipinski definition) is 1. The first-order valence-electron chi connectivity index (χ1n) is 22.2. The minimum atomic E-state index is -4.38. The molecule has 322 valence electrons. The Labute approximate surface area is 338 Å². The van der Waals surface area contributed by atoms with Gasteiger partial charge in [0.15, 0.2) is 6.10 Å². The lowest BCUT2D eigenvalue weighted by Gasteiger charge is -2.24. The third kappa shape index (κ3) is 41.7. The number of phosphoric ester groups is 1. The van der Waals surface area contributed by atoms with Gasteiger partial charge in [0.05, 0.1) is 27.7 Å². The third-order valence-electron chi connectivity index (χ3n) is 9.42. The largest absolute Gasteiger partial charge is 0.472 e. The van der Waals surface area contributed by atoms with Gasteiger partial charge in [-0.1, -0.05) is 166 Å². The van der Waals surface area contributed by atoms with Crippen molar-refractivity contribution in [3.05, 3.63) is 36.5 Å². The summed E-state index contributed by atoms with van der Waals surface area (Å²) in [4.78, 5) is 35.3. The van der Waals surface area contributed by atoms with E-state index in [0.717, 1.165) is 32.1 Å². The van der Waals surface area contributed by atoms with E-state index in [9.17, 15) is 19.0 Å². The predicted molar refractivity (Wildman–Crippen MR) is 229 cm³/mol. The Hall–Kier alpha value is -1.77. The monoisotopic (exact) mass is 799 g/mol. The van der Waals surface area contributed by atoms with Crippen LogP contribution in [0.1, 0.15) is 187 Å². The van der Waals surface area contributed by atoms with Gasteiger partial charge in [-0.05, 0) is 44.9 Å². The lowest BCUT2D eigenvalue weighted by Crippen LogP contribution is -2.37. The summed E-state index contributed by atoms with van der Waals surface area (Å²) in [6.45, 7) is 4.36. The highest BCUT2D eigenvalue weighted by Crippen LogP contribution is 2.43. The van der Waals surface area contributed by atoms with Crippen molar-refractivity contribution >= 4 is 19.8 Å². The van der Waals surface area contributed by atoms with Gasteiger partial charge in [0.2, 0.25) is 0 Å². The smallest absolute Gasteiger partial charge is 0.462 e. The van der Waals surface area contributed by atoms with E-state index in [0.29, 0.717) is 23.9 Å². The fourth-order valence-corrected chi connectivity index (χ4v) is 6.65. The maximum Gasteiger partial charge on any atom is 0.472 e.